The molecule has 1 aromatic heterocycles. The molecule has 0 aliphatic rings. The molecular weight excluding hydrogens is 297 g/mol. The van der Waals surface area contributed by atoms with E-state index < -0.39 is 0 Å². The van der Waals surface area contributed by atoms with Crippen molar-refractivity contribution >= 4 is 23.2 Å². The van der Waals surface area contributed by atoms with Crippen LogP contribution in [0.3, 0.4) is 0 Å². The zero-order valence-electron chi connectivity index (χ0n) is 11.1. The van der Waals surface area contributed by atoms with E-state index in [0.29, 0.717) is 29.1 Å². The Balaban J connectivity index is 2.06. The zero-order chi connectivity index (χ0) is 14.4. The van der Waals surface area contributed by atoms with E-state index in [1.54, 1.807) is 6.07 Å². The molecule has 0 fully saturated rings. The van der Waals surface area contributed by atoms with Crippen LogP contribution in [0.2, 0.25) is 5.02 Å². The molecule has 20 heavy (non-hydrogen) atoms. The molecule has 0 aliphatic carbocycles. The van der Waals surface area contributed by atoms with Crippen LogP contribution in [0, 0.1) is 0 Å². The molecule has 0 radical (unpaired) electrons. The summed E-state index contributed by atoms with van der Waals surface area (Å²) < 4.78 is 11.2. The van der Waals surface area contributed by atoms with Crippen molar-refractivity contribution in [1.29, 1.82) is 0 Å². The Morgan fingerprint density at radius 1 is 1.15 bits per heavy atom. The van der Waals surface area contributed by atoms with Crippen molar-refractivity contribution in [2.45, 2.75) is 19.2 Å². The number of aromatic nitrogens is 1. The van der Waals surface area contributed by atoms with Crippen molar-refractivity contribution in [1.82, 2.24) is 4.98 Å². The maximum atomic E-state index is 5.95. The maximum absolute atomic E-state index is 5.95. The lowest BCUT2D eigenvalue weighted by atomic mass is 10.3. The van der Waals surface area contributed by atoms with Gasteiger partial charge in [-0.2, -0.15) is 0 Å². The molecule has 0 N–H and O–H groups in total. The predicted octanol–water partition coefficient (Wildman–Crippen LogP) is 5.05. The first kappa shape index (κ1) is 14.9. The SMILES string of the molecule is CCCOc1ccc(Oc2cc(CCl)c(Cl)cn2)cc1. The lowest BCUT2D eigenvalue weighted by Gasteiger charge is -2.08. The third-order valence-electron chi connectivity index (χ3n) is 2.57. The highest BCUT2D eigenvalue weighted by atomic mass is 35.5. The van der Waals surface area contributed by atoms with Gasteiger partial charge < -0.3 is 9.47 Å². The van der Waals surface area contributed by atoms with Gasteiger partial charge in [-0.05, 0) is 36.2 Å². The standard InChI is InChI=1S/C15H15Cl2NO2/c1-2-7-19-12-3-5-13(6-4-12)20-15-8-11(9-16)14(17)10-18-15/h3-6,8,10H,2,7,9H2,1H3. The topological polar surface area (TPSA) is 31.4 Å². The second-order valence-electron chi connectivity index (χ2n) is 4.17. The number of pyridine rings is 1. The molecule has 0 aliphatic heterocycles. The van der Waals surface area contributed by atoms with Gasteiger partial charge in [0.2, 0.25) is 5.88 Å². The first-order valence-corrected chi connectivity index (χ1v) is 7.25. The third-order valence-corrected chi connectivity index (χ3v) is 3.20. The molecule has 0 amide bonds. The third kappa shape index (κ3) is 4.02. The van der Waals surface area contributed by atoms with E-state index in [1.165, 1.54) is 6.20 Å². The van der Waals surface area contributed by atoms with Crippen LogP contribution in [-0.4, -0.2) is 11.6 Å². The number of hydrogen-bond donors (Lipinski definition) is 0. The van der Waals surface area contributed by atoms with Gasteiger partial charge in [0.1, 0.15) is 11.5 Å². The Morgan fingerprint density at radius 2 is 1.85 bits per heavy atom. The molecule has 106 valence electrons. The normalized spacial score (nSPS) is 10.3. The Kier molecular flexibility index (Phi) is 5.50. The van der Waals surface area contributed by atoms with Crippen LogP contribution in [0.4, 0.5) is 0 Å². The van der Waals surface area contributed by atoms with Gasteiger partial charge in [-0.1, -0.05) is 18.5 Å². The van der Waals surface area contributed by atoms with Gasteiger partial charge in [-0.15, -0.1) is 11.6 Å². The van der Waals surface area contributed by atoms with E-state index in [9.17, 15) is 0 Å². The number of nitrogens with zero attached hydrogens (tertiary/aromatic N) is 1. The van der Waals surface area contributed by atoms with Gasteiger partial charge in [0.15, 0.2) is 0 Å². The molecule has 0 unspecified atom stereocenters. The Labute approximate surface area is 128 Å². The van der Waals surface area contributed by atoms with E-state index >= 15 is 0 Å². The maximum Gasteiger partial charge on any atom is 0.219 e. The molecule has 3 nitrogen and oxygen atoms in total. The van der Waals surface area contributed by atoms with Crippen LogP contribution in [0.25, 0.3) is 0 Å². The molecule has 2 rings (SSSR count). The van der Waals surface area contributed by atoms with E-state index in [1.807, 2.05) is 24.3 Å². The number of rotatable bonds is 6. The number of ether oxygens (including phenoxy) is 2. The molecular formula is C15H15Cl2NO2. The number of benzene rings is 1. The van der Waals surface area contributed by atoms with Gasteiger partial charge in [0.05, 0.1) is 11.6 Å². The molecule has 0 saturated heterocycles. The fraction of sp³-hybridized carbons (Fsp3) is 0.267. The van der Waals surface area contributed by atoms with Gasteiger partial charge in [-0.25, -0.2) is 4.98 Å². The second-order valence-corrected chi connectivity index (χ2v) is 4.84. The minimum Gasteiger partial charge on any atom is -0.494 e. The zero-order valence-corrected chi connectivity index (χ0v) is 12.6. The van der Waals surface area contributed by atoms with Crippen molar-refractivity contribution in [3.05, 3.63) is 47.1 Å². The summed E-state index contributed by atoms with van der Waals surface area (Å²) in [5.41, 5.74) is 0.793. The summed E-state index contributed by atoms with van der Waals surface area (Å²) in [4.78, 5) is 4.11. The van der Waals surface area contributed by atoms with Gasteiger partial charge in [0, 0.05) is 18.1 Å². The van der Waals surface area contributed by atoms with Gasteiger partial charge >= 0.3 is 0 Å². The number of hydrogen-bond acceptors (Lipinski definition) is 3. The highest BCUT2D eigenvalue weighted by Crippen LogP contribution is 2.26. The summed E-state index contributed by atoms with van der Waals surface area (Å²) in [6, 6.07) is 9.13. The van der Waals surface area contributed by atoms with E-state index in [2.05, 4.69) is 11.9 Å². The summed E-state index contributed by atoms with van der Waals surface area (Å²) in [5.74, 6) is 2.29. The second kappa shape index (κ2) is 7.36. The van der Waals surface area contributed by atoms with E-state index in [-0.39, 0.29) is 0 Å². The van der Waals surface area contributed by atoms with Crippen LogP contribution < -0.4 is 9.47 Å². The lowest BCUT2D eigenvalue weighted by Crippen LogP contribution is -1.95. The van der Waals surface area contributed by atoms with Crippen LogP contribution in [0.5, 0.6) is 17.4 Å². The van der Waals surface area contributed by atoms with Crippen LogP contribution in [0.15, 0.2) is 36.5 Å². The molecule has 1 aromatic carbocycles. The van der Waals surface area contributed by atoms with Crippen LogP contribution in [0.1, 0.15) is 18.9 Å². The summed E-state index contributed by atoms with van der Waals surface area (Å²) in [5, 5.41) is 0.538. The first-order chi connectivity index (χ1) is 9.72. The fourth-order valence-corrected chi connectivity index (χ4v) is 2.02. The predicted molar refractivity (Wildman–Crippen MR) is 81.1 cm³/mol. The van der Waals surface area contributed by atoms with E-state index in [4.69, 9.17) is 32.7 Å². The summed E-state index contributed by atoms with van der Waals surface area (Å²) in [6.07, 6.45) is 2.52. The Bertz CT molecular complexity index is 558. The van der Waals surface area contributed by atoms with Gasteiger partial charge in [0.25, 0.3) is 0 Å². The quantitative estimate of drug-likeness (QED) is 0.699. The highest BCUT2D eigenvalue weighted by Gasteiger charge is 2.05. The first-order valence-electron chi connectivity index (χ1n) is 6.34. The van der Waals surface area contributed by atoms with Crippen molar-refractivity contribution in [2.24, 2.45) is 0 Å². The van der Waals surface area contributed by atoms with Crippen molar-refractivity contribution in [3.63, 3.8) is 0 Å². The van der Waals surface area contributed by atoms with Crippen molar-refractivity contribution in [2.75, 3.05) is 6.61 Å². The Hall–Kier alpha value is -1.45. The molecule has 0 bridgehead atoms. The number of alkyl halides is 1. The largest absolute Gasteiger partial charge is 0.494 e. The summed E-state index contributed by atoms with van der Waals surface area (Å²) in [7, 11) is 0. The Morgan fingerprint density at radius 3 is 2.50 bits per heavy atom. The average Bonchev–Trinajstić information content (AvgIpc) is 2.48. The summed E-state index contributed by atoms with van der Waals surface area (Å²) in [6.45, 7) is 2.77. The monoisotopic (exact) mass is 311 g/mol. The highest BCUT2D eigenvalue weighted by molar-refractivity contribution is 6.32. The molecule has 5 heteroatoms. The van der Waals surface area contributed by atoms with Gasteiger partial charge in [-0.3, -0.25) is 0 Å². The van der Waals surface area contributed by atoms with Crippen molar-refractivity contribution in [3.8, 4) is 17.4 Å². The van der Waals surface area contributed by atoms with Crippen LogP contribution >= 0.6 is 23.2 Å². The minimum absolute atomic E-state index is 0.321. The molecule has 2 aromatic rings. The molecule has 0 saturated carbocycles. The smallest absolute Gasteiger partial charge is 0.219 e. The van der Waals surface area contributed by atoms with Crippen molar-refractivity contribution < 1.29 is 9.47 Å². The molecule has 0 atom stereocenters. The van der Waals surface area contributed by atoms with E-state index in [0.717, 1.165) is 17.7 Å². The number of halogens is 2. The average molecular weight is 312 g/mol. The summed E-state index contributed by atoms with van der Waals surface area (Å²) >= 11 is 11.7. The molecule has 1 heterocycles. The molecule has 0 spiro atoms. The lowest BCUT2D eigenvalue weighted by molar-refractivity contribution is 0.317. The van der Waals surface area contributed by atoms with Crippen LogP contribution in [-0.2, 0) is 5.88 Å². The fourth-order valence-electron chi connectivity index (χ4n) is 1.56. The minimum atomic E-state index is 0.321.